The van der Waals surface area contributed by atoms with Crippen LogP contribution in [0.3, 0.4) is 0 Å². The van der Waals surface area contributed by atoms with Gasteiger partial charge in [0.25, 0.3) is 0 Å². The van der Waals surface area contributed by atoms with Crippen molar-refractivity contribution in [2.45, 2.75) is 39.3 Å². The molecule has 0 aliphatic carbocycles. The highest BCUT2D eigenvalue weighted by molar-refractivity contribution is 6.32. The monoisotopic (exact) mass is 172 g/mol. The van der Waals surface area contributed by atoms with E-state index in [2.05, 4.69) is 29.3 Å². The molecule has 3 nitrogen and oxygen atoms in total. The fourth-order valence-electron chi connectivity index (χ4n) is 0.308. The minimum Gasteiger partial charge on any atom is -0.382 e. The van der Waals surface area contributed by atoms with E-state index in [1.165, 1.54) is 0 Å². The van der Waals surface area contributed by atoms with Gasteiger partial charge in [-0.05, 0) is 25.4 Å². The molecule has 0 atom stereocenters. The Balaban J connectivity index is 3.77. The highest BCUT2D eigenvalue weighted by Crippen LogP contribution is 2.12. The van der Waals surface area contributed by atoms with Crippen molar-refractivity contribution < 1.29 is 4.84 Å². The fraction of sp³-hybridized carbons (Fsp3) is 0.857. The van der Waals surface area contributed by atoms with E-state index in [4.69, 9.17) is 4.84 Å². The molecular formula is C7H16N2OSi. The first-order chi connectivity index (χ1) is 5.12. The van der Waals surface area contributed by atoms with Gasteiger partial charge in [-0.2, -0.15) is 0 Å². The summed E-state index contributed by atoms with van der Waals surface area (Å²) in [6.45, 7) is 8.10. The highest BCUT2D eigenvalue weighted by atomic mass is 28.2. The molecular weight excluding hydrogens is 156 g/mol. The van der Waals surface area contributed by atoms with Crippen LogP contribution in [0.15, 0.2) is 9.81 Å². The van der Waals surface area contributed by atoms with Gasteiger partial charge < -0.3 is 4.84 Å². The van der Waals surface area contributed by atoms with E-state index in [-0.39, 0.29) is 15.3 Å². The summed E-state index contributed by atoms with van der Waals surface area (Å²) in [5.41, 5.74) is -0.183. The molecule has 0 saturated heterocycles. The molecule has 0 aliphatic rings. The average molecular weight is 172 g/mol. The third-order valence-corrected chi connectivity index (χ3v) is 1.87. The van der Waals surface area contributed by atoms with Gasteiger partial charge in [0, 0.05) is 0 Å². The topological polar surface area (TPSA) is 34.0 Å². The van der Waals surface area contributed by atoms with Crippen molar-refractivity contribution in [3.8, 4) is 0 Å². The van der Waals surface area contributed by atoms with E-state index in [0.717, 1.165) is 6.42 Å². The number of rotatable bonds is 4. The molecule has 64 valence electrons. The minimum absolute atomic E-state index is 0.183. The van der Waals surface area contributed by atoms with E-state index in [9.17, 15) is 0 Å². The van der Waals surface area contributed by atoms with Gasteiger partial charge in [-0.1, -0.05) is 13.5 Å². The molecule has 0 spiro atoms. The lowest BCUT2D eigenvalue weighted by Gasteiger charge is -2.18. The van der Waals surface area contributed by atoms with Gasteiger partial charge in [0.15, 0.2) is 9.68 Å². The lowest BCUT2D eigenvalue weighted by Crippen LogP contribution is -2.19. The third kappa shape index (κ3) is 5.82. The van der Waals surface area contributed by atoms with Crippen LogP contribution in [0.5, 0.6) is 0 Å². The molecule has 0 N–H and O–H groups in total. The van der Waals surface area contributed by atoms with Crippen molar-refractivity contribution >= 4 is 15.7 Å². The SMILES string of the molecule is CCC(C)(C)ON=C=N[SiH2]C. The Morgan fingerprint density at radius 3 is 2.64 bits per heavy atom. The fourth-order valence-corrected chi connectivity index (χ4v) is 0.507. The van der Waals surface area contributed by atoms with Crippen LogP contribution < -0.4 is 0 Å². The standard InChI is InChI=1S/C7H16N2OSi/c1-5-7(2,3)10-8-6-9-11-4/h5,11H2,1-4H3. The van der Waals surface area contributed by atoms with Crippen molar-refractivity contribution in [2.24, 2.45) is 9.81 Å². The van der Waals surface area contributed by atoms with Crippen molar-refractivity contribution in [2.75, 3.05) is 0 Å². The molecule has 0 aromatic carbocycles. The average Bonchev–Trinajstić information content (AvgIpc) is 1.99. The first-order valence-corrected chi connectivity index (χ1v) is 5.96. The van der Waals surface area contributed by atoms with E-state index < -0.39 is 0 Å². The normalized spacial score (nSPS) is 11.3. The maximum Gasteiger partial charge on any atom is 0.162 e. The maximum atomic E-state index is 5.12. The molecule has 0 saturated carbocycles. The van der Waals surface area contributed by atoms with Crippen LogP contribution in [0.4, 0.5) is 0 Å². The van der Waals surface area contributed by atoms with Gasteiger partial charge >= 0.3 is 0 Å². The van der Waals surface area contributed by atoms with E-state index in [1.807, 2.05) is 13.8 Å². The Kier molecular flexibility index (Phi) is 4.82. The number of hydrogen-bond acceptors (Lipinski definition) is 3. The summed E-state index contributed by atoms with van der Waals surface area (Å²) in [6.07, 6.45) is 0.932. The van der Waals surface area contributed by atoms with Crippen LogP contribution in [0, 0.1) is 0 Å². The van der Waals surface area contributed by atoms with Gasteiger partial charge in [-0.3, -0.25) is 4.66 Å². The summed E-state index contributed by atoms with van der Waals surface area (Å²) in [5, 5.41) is 3.62. The molecule has 11 heavy (non-hydrogen) atoms. The zero-order valence-electron chi connectivity index (χ0n) is 7.72. The Bertz CT molecular complexity index is 162. The van der Waals surface area contributed by atoms with Crippen LogP contribution in [0.1, 0.15) is 27.2 Å². The molecule has 4 heteroatoms. The summed E-state index contributed by atoms with van der Waals surface area (Å²) in [4.78, 5) is 5.12. The van der Waals surface area contributed by atoms with Gasteiger partial charge in [-0.15, -0.1) is 0 Å². The molecule has 0 fully saturated rings. The van der Waals surface area contributed by atoms with Crippen molar-refractivity contribution in [3.63, 3.8) is 0 Å². The van der Waals surface area contributed by atoms with Gasteiger partial charge in [0.2, 0.25) is 0 Å². The summed E-state index contributed by atoms with van der Waals surface area (Å²) in [6, 6.07) is 2.51. The second kappa shape index (κ2) is 5.10. The smallest absolute Gasteiger partial charge is 0.162 e. The van der Waals surface area contributed by atoms with Crippen molar-refractivity contribution in [1.29, 1.82) is 0 Å². The van der Waals surface area contributed by atoms with Crippen LogP contribution >= 0.6 is 0 Å². The van der Waals surface area contributed by atoms with E-state index in [0.29, 0.717) is 0 Å². The summed E-state index contributed by atoms with van der Waals surface area (Å²) in [5.74, 6) is 0. The number of hydrogen-bond donors (Lipinski definition) is 0. The Morgan fingerprint density at radius 2 is 2.18 bits per heavy atom. The maximum absolute atomic E-state index is 5.12. The second-order valence-electron chi connectivity index (χ2n) is 2.87. The quantitative estimate of drug-likeness (QED) is 0.359. The van der Waals surface area contributed by atoms with Crippen LogP contribution in [-0.4, -0.2) is 21.3 Å². The third-order valence-electron chi connectivity index (χ3n) is 1.41. The minimum atomic E-state index is -0.316. The molecule has 0 radical (unpaired) electrons. The Hall–Kier alpha value is -0.603. The first-order valence-electron chi connectivity index (χ1n) is 3.92. The first kappa shape index (κ1) is 10.4. The van der Waals surface area contributed by atoms with Crippen molar-refractivity contribution in [3.05, 3.63) is 0 Å². The molecule has 0 unspecified atom stereocenters. The molecule has 0 bridgehead atoms. The van der Waals surface area contributed by atoms with Crippen molar-refractivity contribution in [1.82, 2.24) is 0 Å². The van der Waals surface area contributed by atoms with E-state index in [1.54, 1.807) is 0 Å². The highest BCUT2D eigenvalue weighted by Gasteiger charge is 2.15. The predicted octanol–water partition coefficient (Wildman–Crippen LogP) is 1.41. The van der Waals surface area contributed by atoms with Crippen LogP contribution in [0.25, 0.3) is 0 Å². The lowest BCUT2D eigenvalue weighted by molar-refractivity contribution is -0.0156. The molecule has 0 amide bonds. The van der Waals surface area contributed by atoms with Gasteiger partial charge in [0.05, 0.1) is 0 Å². The Morgan fingerprint density at radius 1 is 1.55 bits per heavy atom. The van der Waals surface area contributed by atoms with Crippen LogP contribution in [-0.2, 0) is 4.84 Å². The summed E-state index contributed by atoms with van der Waals surface area (Å²) in [7, 11) is -0.316. The predicted molar refractivity (Wildman–Crippen MR) is 49.7 cm³/mol. The largest absolute Gasteiger partial charge is 0.382 e. The molecule has 0 rings (SSSR count). The second-order valence-corrected chi connectivity index (χ2v) is 3.82. The summed E-state index contributed by atoms with van der Waals surface area (Å²) >= 11 is 0. The van der Waals surface area contributed by atoms with Gasteiger partial charge in [0.1, 0.15) is 11.6 Å². The van der Waals surface area contributed by atoms with Gasteiger partial charge in [-0.25, -0.2) is 0 Å². The molecule has 0 aliphatic heterocycles. The molecule has 0 aromatic heterocycles. The zero-order chi connectivity index (χ0) is 8.74. The number of nitrogens with zero attached hydrogens (tertiary/aromatic N) is 2. The van der Waals surface area contributed by atoms with E-state index >= 15 is 0 Å². The lowest BCUT2D eigenvalue weighted by atomic mass is 10.1. The Labute approximate surface area is 70.4 Å². The molecule has 0 aromatic rings. The molecule has 0 heterocycles. The zero-order valence-corrected chi connectivity index (χ0v) is 9.13. The summed E-state index contributed by atoms with van der Waals surface area (Å²) < 4.78 is 3.91. The van der Waals surface area contributed by atoms with Crippen LogP contribution in [0.2, 0.25) is 6.55 Å².